The van der Waals surface area contributed by atoms with E-state index in [0.29, 0.717) is 6.54 Å². The molecule has 0 fully saturated rings. The highest BCUT2D eigenvalue weighted by Crippen LogP contribution is 2.24. The fourth-order valence-corrected chi connectivity index (χ4v) is 1.04. The fraction of sp³-hybridized carbons (Fsp3) is 0.400. The molecule has 0 aromatic heterocycles. The first kappa shape index (κ1) is 10.8. The summed E-state index contributed by atoms with van der Waals surface area (Å²) in [5.74, 6) is -0.245. The number of rotatable bonds is 4. The molecule has 1 rings (SSSR count). The number of aliphatic hydroxyl groups is 1. The Bertz CT molecular complexity index is 301. The van der Waals surface area contributed by atoms with Crippen molar-refractivity contribution in [2.75, 3.05) is 6.61 Å². The Morgan fingerprint density at radius 1 is 1.29 bits per heavy atom. The second-order valence-corrected chi connectivity index (χ2v) is 3.29. The third kappa shape index (κ3) is 2.90. The zero-order chi connectivity index (χ0) is 10.6. The first-order valence-electron chi connectivity index (χ1n) is 4.48. The van der Waals surface area contributed by atoms with Gasteiger partial charge in [-0.1, -0.05) is 6.07 Å². The van der Waals surface area contributed by atoms with Gasteiger partial charge in [-0.25, -0.2) is 0 Å². The second kappa shape index (κ2) is 4.83. The van der Waals surface area contributed by atoms with E-state index in [4.69, 9.17) is 10.2 Å². The number of phenols is 2. The molecule has 0 aliphatic heterocycles. The molecule has 14 heavy (non-hydrogen) atoms. The number of benzene rings is 1. The molecule has 78 valence electrons. The highest BCUT2D eigenvalue weighted by Gasteiger charge is 2.02. The maximum absolute atomic E-state index is 9.20. The molecule has 0 radical (unpaired) electrons. The van der Waals surface area contributed by atoms with Crippen LogP contribution in [-0.4, -0.2) is 28.0 Å². The molecule has 0 aliphatic rings. The summed E-state index contributed by atoms with van der Waals surface area (Å²) >= 11 is 0. The highest BCUT2D eigenvalue weighted by atomic mass is 16.3. The first-order chi connectivity index (χ1) is 6.63. The maximum atomic E-state index is 9.20. The molecule has 4 N–H and O–H groups in total. The van der Waals surface area contributed by atoms with Crippen LogP contribution in [0.4, 0.5) is 0 Å². The molecule has 0 unspecified atom stereocenters. The van der Waals surface area contributed by atoms with Crippen molar-refractivity contribution in [2.45, 2.75) is 19.5 Å². The van der Waals surface area contributed by atoms with Crippen molar-refractivity contribution in [1.82, 2.24) is 5.32 Å². The van der Waals surface area contributed by atoms with Gasteiger partial charge in [-0.15, -0.1) is 0 Å². The Balaban J connectivity index is 2.55. The van der Waals surface area contributed by atoms with Crippen molar-refractivity contribution in [3.8, 4) is 11.5 Å². The smallest absolute Gasteiger partial charge is 0.157 e. The lowest BCUT2D eigenvalue weighted by Crippen LogP contribution is -2.28. The minimum atomic E-state index is -0.124. The minimum Gasteiger partial charge on any atom is -0.504 e. The molecule has 0 aliphatic carbocycles. The van der Waals surface area contributed by atoms with Crippen molar-refractivity contribution in [3.63, 3.8) is 0 Å². The molecule has 0 amide bonds. The van der Waals surface area contributed by atoms with Crippen LogP contribution in [0.25, 0.3) is 0 Å². The summed E-state index contributed by atoms with van der Waals surface area (Å²) in [6.45, 7) is 2.49. The lowest BCUT2D eigenvalue weighted by Gasteiger charge is -2.10. The molecule has 0 saturated carbocycles. The summed E-state index contributed by atoms with van der Waals surface area (Å²) in [6, 6.07) is 4.67. The summed E-state index contributed by atoms with van der Waals surface area (Å²) in [5.41, 5.74) is 0.862. The SMILES string of the molecule is C[C@H](CO)NCc1ccc(O)c(O)c1. The van der Waals surface area contributed by atoms with Crippen molar-refractivity contribution >= 4 is 0 Å². The number of hydrogen-bond acceptors (Lipinski definition) is 4. The second-order valence-electron chi connectivity index (χ2n) is 3.29. The van der Waals surface area contributed by atoms with Gasteiger partial charge in [0.15, 0.2) is 11.5 Å². The summed E-state index contributed by atoms with van der Waals surface area (Å²) < 4.78 is 0. The van der Waals surface area contributed by atoms with Crippen LogP contribution >= 0.6 is 0 Å². The van der Waals surface area contributed by atoms with Crippen LogP contribution in [0.1, 0.15) is 12.5 Å². The van der Waals surface area contributed by atoms with Gasteiger partial charge in [0.25, 0.3) is 0 Å². The predicted octanol–water partition coefficient (Wildman–Crippen LogP) is 0.568. The first-order valence-corrected chi connectivity index (χ1v) is 4.48. The van der Waals surface area contributed by atoms with Gasteiger partial charge >= 0.3 is 0 Å². The predicted molar refractivity (Wildman–Crippen MR) is 53.2 cm³/mol. The molecule has 4 heteroatoms. The van der Waals surface area contributed by atoms with E-state index in [1.807, 2.05) is 6.92 Å². The molecule has 0 spiro atoms. The summed E-state index contributed by atoms with van der Waals surface area (Å²) in [6.07, 6.45) is 0. The van der Waals surface area contributed by atoms with Crippen LogP contribution in [0.5, 0.6) is 11.5 Å². The van der Waals surface area contributed by atoms with E-state index >= 15 is 0 Å². The summed E-state index contributed by atoms with van der Waals surface area (Å²) in [4.78, 5) is 0. The van der Waals surface area contributed by atoms with Crippen molar-refractivity contribution in [3.05, 3.63) is 23.8 Å². The van der Waals surface area contributed by atoms with Gasteiger partial charge in [-0.05, 0) is 24.6 Å². The normalized spacial score (nSPS) is 12.7. The van der Waals surface area contributed by atoms with Crippen LogP contribution in [0.3, 0.4) is 0 Å². The lowest BCUT2D eigenvalue weighted by molar-refractivity contribution is 0.251. The summed E-state index contributed by atoms with van der Waals surface area (Å²) in [7, 11) is 0. The Hall–Kier alpha value is -1.26. The van der Waals surface area contributed by atoms with Gasteiger partial charge in [0, 0.05) is 12.6 Å². The van der Waals surface area contributed by atoms with Gasteiger partial charge in [-0.3, -0.25) is 0 Å². The zero-order valence-electron chi connectivity index (χ0n) is 8.07. The van der Waals surface area contributed by atoms with Crippen LogP contribution in [0.15, 0.2) is 18.2 Å². The number of aliphatic hydroxyl groups excluding tert-OH is 1. The minimum absolute atomic E-state index is 0.0194. The topological polar surface area (TPSA) is 72.7 Å². The molecule has 1 aromatic carbocycles. The Morgan fingerprint density at radius 3 is 2.57 bits per heavy atom. The van der Waals surface area contributed by atoms with Crippen LogP contribution < -0.4 is 5.32 Å². The Kier molecular flexibility index (Phi) is 3.73. The van der Waals surface area contributed by atoms with Crippen molar-refractivity contribution < 1.29 is 15.3 Å². The third-order valence-electron chi connectivity index (χ3n) is 1.97. The number of hydrogen-bond donors (Lipinski definition) is 4. The molecular formula is C10H15NO3. The Labute approximate surface area is 82.8 Å². The van der Waals surface area contributed by atoms with E-state index in [-0.39, 0.29) is 24.1 Å². The lowest BCUT2D eigenvalue weighted by atomic mass is 10.2. The number of aromatic hydroxyl groups is 2. The van der Waals surface area contributed by atoms with Gasteiger partial charge in [0.05, 0.1) is 6.61 Å². The van der Waals surface area contributed by atoms with E-state index in [0.717, 1.165) is 5.56 Å². The fourth-order valence-electron chi connectivity index (χ4n) is 1.04. The van der Waals surface area contributed by atoms with Gasteiger partial charge in [-0.2, -0.15) is 0 Å². The molecule has 0 heterocycles. The van der Waals surface area contributed by atoms with Crippen LogP contribution in [0.2, 0.25) is 0 Å². The van der Waals surface area contributed by atoms with Gasteiger partial charge in [0.1, 0.15) is 0 Å². The quantitative estimate of drug-likeness (QED) is 0.532. The molecule has 0 bridgehead atoms. The van der Waals surface area contributed by atoms with E-state index in [2.05, 4.69) is 5.32 Å². The average Bonchev–Trinajstić information content (AvgIpc) is 2.19. The highest BCUT2D eigenvalue weighted by molar-refractivity contribution is 5.40. The molecular weight excluding hydrogens is 182 g/mol. The molecule has 0 saturated heterocycles. The van der Waals surface area contributed by atoms with Crippen molar-refractivity contribution in [1.29, 1.82) is 0 Å². The largest absolute Gasteiger partial charge is 0.504 e. The average molecular weight is 197 g/mol. The van der Waals surface area contributed by atoms with Gasteiger partial charge < -0.3 is 20.6 Å². The number of phenolic OH excluding ortho intramolecular Hbond substituents is 2. The van der Waals surface area contributed by atoms with E-state index < -0.39 is 0 Å². The maximum Gasteiger partial charge on any atom is 0.157 e. The number of nitrogens with one attached hydrogen (secondary N) is 1. The Morgan fingerprint density at radius 2 is 2.00 bits per heavy atom. The van der Waals surface area contributed by atoms with Crippen LogP contribution in [-0.2, 0) is 6.54 Å². The zero-order valence-corrected chi connectivity index (χ0v) is 8.07. The monoisotopic (exact) mass is 197 g/mol. The standard InChI is InChI=1S/C10H15NO3/c1-7(6-12)11-5-8-2-3-9(13)10(14)4-8/h2-4,7,11-14H,5-6H2,1H3/t7-/m1/s1. The molecule has 1 aromatic rings. The molecule has 1 atom stereocenters. The van der Waals surface area contributed by atoms with Crippen molar-refractivity contribution in [2.24, 2.45) is 0 Å². The van der Waals surface area contributed by atoms with E-state index in [9.17, 15) is 5.11 Å². The third-order valence-corrected chi connectivity index (χ3v) is 1.97. The molecule has 4 nitrogen and oxygen atoms in total. The van der Waals surface area contributed by atoms with E-state index in [1.54, 1.807) is 6.07 Å². The van der Waals surface area contributed by atoms with E-state index in [1.165, 1.54) is 12.1 Å². The summed E-state index contributed by atoms with van der Waals surface area (Å²) in [5, 5.41) is 30.1. The van der Waals surface area contributed by atoms with Crippen LogP contribution in [0, 0.1) is 0 Å². The van der Waals surface area contributed by atoms with Gasteiger partial charge in [0.2, 0.25) is 0 Å².